The van der Waals surface area contributed by atoms with Crippen molar-refractivity contribution in [1.82, 2.24) is 0 Å². The Hall–Kier alpha value is -2.92. The topological polar surface area (TPSA) is 102 Å². The summed E-state index contributed by atoms with van der Waals surface area (Å²) in [5.74, 6) is -0.293. The number of nitrogens with one attached hydrogen (secondary N) is 1. The molecule has 162 valence electrons. The number of amides is 1. The van der Waals surface area contributed by atoms with Crippen LogP contribution in [0, 0.1) is 0 Å². The number of hydrogen-bond acceptors (Lipinski definition) is 4. The number of rotatable bonds is 8. The molecule has 3 rings (SSSR count). The molecule has 0 aliphatic carbocycles. The third kappa shape index (κ3) is 5.23. The van der Waals surface area contributed by atoms with Gasteiger partial charge in [-0.3, -0.25) is 13.9 Å². The highest BCUT2D eigenvalue weighted by Crippen LogP contribution is 2.40. The SMILES string of the molecule is CCC(CC)(O[PH](=O)O)c1ccc(C(=O)Nc2cc(-c3ccccc3)ccc2N)cc1. The van der Waals surface area contributed by atoms with Crippen LogP contribution in [0.3, 0.4) is 0 Å². The van der Waals surface area contributed by atoms with Crippen molar-refractivity contribution in [3.63, 3.8) is 0 Å². The van der Waals surface area contributed by atoms with Gasteiger partial charge in [0.1, 0.15) is 5.60 Å². The molecule has 0 saturated carbocycles. The first-order valence-corrected chi connectivity index (χ1v) is 11.4. The molecule has 1 amide bonds. The zero-order valence-electron chi connectivity index (χ0n) is 17.6. The van der Waals surface area contributed by atoms with E-state index in [1.54, 1.807) is 30.3 Å². The fourth-order valence-electron chi connectivity index (χ4n) is 3.62. The summed E-state index contributed by atoms with van der Waals surface area (Å²) in [6.45, 7) is 3.80. The number of hydrogen-bond donors (Lipinski definition) is 3. The Morgan fingerprint density at radius 3 is 2.23 bits per heavy atom. The Bertz CT molecular complexity index is 1060. The number of carbonyl (C=O) groups is 1. The van der Waals surface area contributed by atoms with E-state index in [9.17, 15) is 14.3 Å². The second kappa shape index (κ2) is 9.92. The van der Waals surface area contributed by atoms with Crippen LogP contribution >= 0.6 is 8.25 Å². The van der Waals surface area contributed by atoms with Gasteiger partial charge in [0.25, 0.3) is 5.91 Å². The van der Waals surface area contributed by atoms with Gasteiger partial charge < -0.3 is 15.9 Å². The van der Waals surface area contributed by atoms with E-state index in [0.717, 1.165) is 16.7 Å². The van der Waals surface area contributed by atoms with Crippen molar-refractivity contribution in [3.8, 4) is 11.1 Å². The minimum absolute atomic E-state index is 0.293. The Balaban J connectivity index is 1.82. The predicted octanol–water partition coefficient (Wildman–Crippen LogP) is 5.60. The van der Waals surface area contributed by atoms with Crippen molar-refractivity contribution >= 4 is 25.5 Å². The van der Waals surface area contributed by atoms with Gasteiger partial charge >= 0.3 is 8.25 Å². The van der Waals surface area contributed by atoms with Crippen LogP contribution in [0.15, 0.2) is 72.8 Å². The Kier molecular flexibility index (Phi) is 7.29. The molecule has 0 aliphatic heterocycles. The zero-order chi connectivity index (χ0) is 22.4. The summed E-state index contributed by atoms with van der Waals surface area (Å²) >= 11 is 0. The van der Waals surface area contributed by atoms with E-state index in [-0.39, 0.29) is 5.91 Å². The number of carbonyl (C=O) groups excluding carboxylic acids is 1. The average molecular weight is 438 g/mol. The smallest absolute Gasteiger partial charge is 0.317 e. The van der Waals surface area contributed by atoms with E-state index in [2.05, 4.69) is 5.32 Å². The molecule has 0 saturated heterocycles. The average Bonchev–Trinajstić information content (AvgIpc) is 2.79. The highest BCUT2D eigenvalue weighted by Gasteiger charge is 2.31. The summed E-state index contributed by atoms with van der Waals surface area (Å²) in [5.41, 5.74) is 9.42. The van der Waals surface area contributed by atoms with E-state index in [0.29, 0.717) is 29.8 Å². The highest BCUT2D eigenvalue weighted by molar-refractivity contribution is 7.32. The Labute approximate surface area is 183 Å². The maximum absolute atomic E-state index is 12.8. The largest absolute Gasteiger partial charge is 0.397 e. The molecular formula is C24H27N2O4P. The highest BCUT2D eigenvalue weighted by atomic mass is 31.1. The molecule has 4 N–H and O–H groups in total. The van der Waals surface area contributed by atoms with E-state index >= 15 is 0 Å². The summed E-state index contributed by atoms with van der Waals surface area (Å²) in [7, 11) is -3.10. The normalized spacial score (nSPS) is 12.4. The van der Waals surface area contributed by atoms with E-state index in [1.165, 1.54) is 0 Å². The fourth-order valence-corrected chi connectivity index (χ4v) is 4.36. The van der Waals surface area contributed by atoms with Gasteiger partial charge in [0.15, 0.2) is 0 Å². The fraction of sp³-hybridized carbons (Fsp3) is 0.208. The lowest BCUT2D eigenvalue weighted by Gasteiger charge is -2.31. The molecule has 1 unspecified atom stereocenters. The molecule has 0 spiro atoms. The van der Waals surface area contributed by atoms with Gasteiger partial charge in [0.05, 0.1) is 11.4 Å². The van der Waals surface area contributed by atoms with Gasteiger partial charge in [0, 0.05) is 5.56 Å². The minimum atomic E-state index is -3.10. The van der Waals surface area contributed by atoms with Crippen LogP contribution in [0.1, 0.15) is 42.6 Å². The lowest BCUT2D eigenvalue weighted by molar-refractivity contribution is 0.0535. The van der Waals surface area contributed by atoms with Crippen LogP contribution in [0.25, 0.3) is 11.1 Å². The van der Waals surface area contributed by atoms with Gasteiger partial charge in [0.2, 0.25) is 0 Å². The van der Waals surface area contributed by atoms with Crippen molar-refractivity contribution in [2.45, 2.75) is 32.3 Å². The van der Waals surface area contributed by atoms with Gasteiger partial charge in [-0.05, 0) is 53.8 Å². The molecule has 0 aromatic heterocycles. The van der Waals surface area contributed by atoms with Crippen molar-refractivity contribution in [3.05, 3.63) is 83.9 Å². The predicted molar refractivity (Wildman–Crippen MR) is 125 cm³/mol. The molecule has 0 bridgehead atoms. The summed E-state index contributed by atoms with van der Waals surface area (Å²) in [4.78, 5) is 22.1. The lowest BCUT2D eigenvalue weighted by atomic mass is 9.88. The van der Waals surface area contributed by atoms with E-state index in [1.807, 2.05) is 56.3 Å². The Morgan fingerprint density at radius 1 is 1.00 bits per heavy atom. The van der Waals surface area contributed by atoms with Crippen LogP contribution in [-0.4, -0.2) is 10.8 Å². The van der Waals surface area contributed by atoms with Crippen LogP contribution in [0.5, 0.6) is 0 Å². The first-order chi connectivity index (χ1) is 14.9. The van der Waals surface area contributed by atoms with Crippen LogP contribution in [0.4, 0.5) is 11.4 Å². The maximum atomic E-state index is 12.8. The summed E-state index contributed by atoms with van der Waals surface area (Å²) in [5, 5.41) is 2.87. The third-order valence-corrected chi connectivity index (χ3v) is 6.07. The molecule has 3 aromatic rings. The van der Waals surface area contributed by atoms with Gasteiger partial charge in [-0.25, -0.2) is 0 Å². The molecule has 0 radical (unpaired) electrons. The molecule has 1 atom stereocenters. The number of nitrogens with two attached hydrogens (primary N) is 1. The summed E-state index contributed by atoms with van der Waals surface area (Å²) in [6, 6.07) is 22.3. The second-order valence-electron chi connectivity index (χ2n) is 7.27. The van der Waals surface area contributed by atoms with Gasteiger partial charge in [-0.15, -0.1) is 0 Å². The van der Waals surface area contributed by atoms with Crippen molar-refractivity contribution in [2.75, 3.05) is 11.1 Å². The van der Waals surface area contributed by atoms with E-state index < -0.39 is 13.9 Å². The van der Waals surface area contributed by atoms with Crippen molar-refractivity contribution in [1.29, 1.82) is 0 Å². The zero-order valence-corrected chi connectivity index (χ0v) is 18.6. The lowest BCUT2D eigenvalue weighted by Crippen LogP contribution is -2.26. The summed E-state index contributed by atoms with van der Waals surface area (Å²) in [6.07, 6.45) is 1.07. The second-order valence-corrected chi connectivity index (χ2v) is 8.00. The molecule has 0 heterocycles. The maximum Gasteiger partial charge on any atom is 0.317 e. The number of benzene rings is 3. The monoisotopic (exact) mass is 438 g/mol. The molecular weight excluding hydrogens is 411 g/mol. The van der Waals surface area contributed by atoms with Crippen LogP contribution < -0.4 is 11.1 Å². The number of nitrogen functional groups attached to an aromatic ring is 1. The number of anilines is 2. The Morgan fingerprint density at radius 2 is 1.65 bits per heavy atom. The minimum Gasteiger partial charge on any atom is -0.397 e. The van der Waals surface area contributed by atoms with Gasteiger partial charge in [-0.1, -0.05) is 62.4 Å². The molecule has 0 aliphatic rings. The molecule has 6 nitrogen and oxygen atoms in total. The van der Waals surface area contributed by atoms with E-state index in [4.69, 9.17) is 10.3 Å². The third-order valence-electron chi connectivity index (χ3n) is 5.51. The van der Waals surface area contributed by atoms with Crippen LogP contribution in [-0.2, 0) is 14.7 Å². The quantitative estimate of drug-likeness (QED) is 0.314. The molecule has 7 heteroatoms. The summed E-state index contributed by atoms with van der Waals surface area (Å²) < 4.78 is 16.7. The van der Waals surface area contributed by atoms with Crippen molar-refractivity contribution in [2.24, 2.45) is 0 Å². The first-order valence-electron chi connectivity index (χ1n) is 10.2. The van der Waals surface area contributed by atoms with Crippen LogP contribution in [0.2, 0.25) is 0 Å². The standard InChI is InChI=1S/C24H27N2O4P/c1-3-24(4-2,30-31(28)29)20-13-10-18(11-14-20)23(27)26-22-16-19(12-15-21(22)25)17-8-6-5-7-9-17/h5-16,31H,3-4,25H2,1-2H3,(H,26,27)(H,28,29). The first kappa shape index (κ1) is 22.8. The molecule has 31 heavy (non-hydrogen) atoms. The molecule has 3 aromatic carbocycles. The molecule has 0 fully saturated rings. The van der Waals surface area contributed by atoms with Crippen molar-refractivity contribution < 1.29 is 18.8 Å². The van der Waals surface area contributed by atoms with Gasteiger partial charge in [-0.2, -0.15) is 0 Å².